The van der Waals surface area contributed by atoms with Crippen LogP contribution < -0.4 is 9.64 Å². The summed E-state index contributed by atoms with van der Waals surface area (Å²) in [6.07, 6.45) is 0. The van der Waals surface area contributed by atoms with Crippen molar-refractivity contribution in [2.45, 2.75) is 26.8 Å². The van der Waals surface area contributed by atoms with Crippen molar-refractivity contribution in [3.63, 3.8) is 0 Å². The van der Waals surface area contributed by atoms with Crippen LogP contribution in [0, 0.1) is 13.8 Å². The van der Waals surface area contributed by atoms with Crippen LogP contribution in [0.25, 0.3) is 5.76 Å². The number of halogens is 1. The summed E-state index contributed by atoms with van der Waals surface area (Å²) >= 11 is 6.09. The summed E-state index contributed by atoms with van der Waals surface area (Å²) in [5.41, 5.74) is 3.46. The maximum absolute atomic E-state index is 13.3. The zero-order valence-electron chi connectivity index (χ0n) is 18.6. The smallest absolute Gasteiger partial charge is 0.300 e. The summed E-state index contributed by atoms with van der Waals surface area (Å²) in [5.74, 6) is -1.06. The number of aliphatic hydroxyl groups is 1. The third kappa shape index (κ3) is 4.24. The average Bonchev–Trinajstić information content (AvgIpc) is 3.06. The Morgan fingerprint density at radius 2 is 1.76 bits per heavy atom. The fourth-order valence-corrected chi connectivity index (χ4v) is 4.21. The first-order valence-corrected chi connectivity index (χ1v) is 11.1. The molecular formula is C27H24ClNO4. The van der Waals surface area contributed by atoms with Crippen molar-refractivity contribution >= 4 is 34.7 Å². The lowest BCUT2D eigenvalue weighted by Gasteiger charge is -2.26. The predicted octanol–water partition coefficient (Wildman–Crippen LogP) is 5.98. The zero-order valence-corrected chi connectivity index (χ0v) is 19.4. The number of carbonyl (C=O) groups excluding carboxylic acids is 2. The van der Waals surface area contributed by atoms with Crippen LogP contribution in [0.15, 0.2) is 72.3 Å². The molecule has 1 amide bonds. The standard InChI is InChI=1S/C27H24ClNO4/c1-4-33-21-7-5-6-20(15-21)29-24(18-10-12-19(28)13-11-18)23(26(31)27(29)32)25(30)22-14-16(2)8-9-17(22)3/h5-15,24,30H,4H2,1-3H3/b25-23+. The topological polar surface area (TPSA) is 66.8 Å². The quantitative estimate of drug-likeness (QED) is 0.288. The lowest BCUT2D eigenvalue weighted by Crippen LogP contribution is -2.29. The van der Waals surface area contributed by atoms with E-state index >= 15 is 0 Å². The van der Waals surface area contributed by atoms with Gasteiger partial charge in [0.25, 0.3) is 11.7 Å². The minimum Gasteiger partial charge on any atom is -0.507 e. The van der Waals surface area contributed by atoms with Crippen molar-refractivity contribution in [1.29, 1.82) is 0 Å². The summed E-state index contributed by atoms with van der Waals surface area (Å²) in [4.78, 5) is 28.0. The normalized spacial score (nSPS) is 17.5. The highest BCUT2D eigenvalue weighted by Gasteiger charge is 2.47. The third-order valence-corrected chi connectivity index (χ3v) is 5.94. The number of aryl methyl sites for hydroxylation is 2. The first kappa shape index (κ1) is 22.6. The van der Waals surface area contributed by atoms with E-state index in [4.69, 9.17) is 16.3 Å². The number of amides is 1. The van der Waals surface area contributed by atoms with E-state index in [0.717, 1.165) is 11.1 Å². The molecule has 1 aliphatic rings. The molecule has 1 fully saturated rings. The lowest BCUT2D eigenvalue weighted by atomic mass is 9.93. The predicted molar refractivity (Wildman–Crippen MR) is 130 cm³/mol. The maximum atomic E-state index is 13.3. The molecule has 33 heavy (non-hydrogen) atoms. The molecule has 0 aromatic heterocycles. The number of aliphatic hydroxyl groups excluding tert-OH is 1. The number of hydrogen-bond acceptors (Lipinski definition) is 4. The van der Waals surface area contributed by atoms with Crippen molar-refractivity contribution in [3.8, 4) is 5.75 Å². The molecule has 0 spiro atoms. The first-order valence-electron chi connectivity index (χ1n) is 10.7. The van der Waals surface area contributed by atoms with Crippen LogP contribution in [-0.4, -0.2) is 23.4 Å². The molecule has 0 radical (unpaired) electrons. The number of rotatable bonds is 5. The number of carbonyl (C=O) groups is 2. The second-order valence-corrected chi connectivity index (χ2v) is 8.41. The highest BCUT2D eigenvalue weighted by molar-refractivity contribution is 6.51. The van der Waals surface area contributed by atoms with Gasteiger partial charge in [0.15, 0.2) is 0 Å². The number of benzene rings is 3. The van der Waals surface area contributed by atoms with Gasteiger partial charge in [-0.3, -0.25) is 14.5 Å². The molecule has 1 heterocycles. The molecule has 168 valence electrons. The molecule has 1 atom stereocenters. The molecule has 1 aliphatic heterocycles. The van der Waals surface area contributed by atoms with Crippen LogP contribution >= 0.6 is 11.6 Å². The molecule has 1 unspecified atom stereocenters. The Morgan fingerprint density at radius 1 is 1.03 bits per heavy atom. The Kier molecular flexibility index (Phi) is 6.25. The maximum Gasteiger partial charge on any atom is 0.300 e. The summed E-state index contributed by atoms with van der Waals surface area (Å²) < 4.78 is 5.60. The Morgan fingerprint density at radius 3 is 2.45 bits per heavy atom. The van der Waals surface area contributed by atoms with Gasteiger partial charge < -0.3 is 9.84 Å². The molecule has 0 saturated carbocycles. The number of hydrogen-bond donors (Lipinski definition) is 1. The van der Waals surface area contributed by atoms with Crippen molar-refractivity contribution < 1.29 is 19.4 Å². The monoisotopic (exact) mass is 461 g/mol. The summed E-state index contributed by atoms with van der Waals surface area (Å²) in [7, 11) is 0. The van der Waals surface area contributed by atoms with Gasteiger partial charge >= 0.3 is 0 Å². The van der Waals surface area contributed by atoms with Gasteiger partial charge in [-0.25, -0.2) is 0 Å². The Hall–Kier alpha value is -3.57. The van der Waals surface area contributed by atoms with Gasteiger partial charge in [-0.15, -0.1) is 0 Å². The molecule has 0 aliphatic carbocycles. The second kappa shape index (κ2) is 9.12. The van der Waals surface area contributed by atoms with E-state index < -0.39 is 17.7 Å². The SMILES string of the molecule is CCOc1cccc(N2C(=O)C(=O)/C(=C(/O)c3cc(C)ccc3C)C2c2ccc(Cl)cc2)c1. The van der Waals surface area contributed by atoms with Gasteiger partial charge in [0.2, 0.25) is 0 Å². The van der Waals surface area contributed by atoms with Crippen molar-refractivity contribution in [2.24, 2.45) is 0 Å². The zero-order chi connectivity index (χ0) is 23.7. The molecule has 3 aromatic rings. The van der Waals surface area contributed by atoms with Crippen LogP contribution in [0.5, 0.6) is 5.75 Å². The van der Waals surface area contributed by atoms with Crippen molar-refractivity contribution in [1.82, 2.24) is 0 Å². The van der Waals surface area contributed by atoms with Gasteiger partial charge in [-0.05, 0) is 62.2 Å². The summed E-state index contributed by atoms with van der Waals surface area (Å²) in [5, 5.41) is 11.9. The molecule has 0 bridgehead atoms. The number of Topliss-reactive ketones (excluding diaryl/α,β-unsaturated/α-hetero) is 1. The molecular weight excluding hydrogens is 438 g/mol. The average molecular weight is 462 g/mol. The fourth-order valence-electron chi connectivity index (χ4n) is 4.09. The van der Waals surface area contributed by atoms with Crippen molar-refractivity contribution in [3.05, 3.63) is 99.6 Å². The summed E-state index contributed by atoms with van der Waals surface area (Å²) in [6, 6.07) is 18.7. The fraction of sp³-hybridized carbons (Fsp3) is 0.185. The number of ketones is 1. The van der Waals surface area contributed by atoms with Crippen molar-refractivity contribution in [2.75, 3.05) is 11.5 Å². The van der Waals surface area contributed by atoms with Crippen LogP contribution in [0.3, 0.4) is 0 Å². The Balaban J connectivity index is 1.95. The van der Waals surface area contributed by atoms with Gasteiger partial charge in [-0.2, -0.15) is 0 Å². The largest absolute Gasteiger partial charge is 0.507 e. The van der Waals surface area contributed by atoms with E-state index in [9.17, 15) is 14.7 Å². The van der Waals surface area contributed by atoms with E-state index in [1.165, 1.54) is 4.90 Å². The highest BCUT2D eigenvalue weighted by Crippen LogP contribution is 2.43. The van der Waals surface area contributed by atoms with Gasteiger partial charge in [0.1, 0.15) is 11.5 Å². The molecule has 3 aromatic carbocycles. The van der Waals surface area contributed by atoms with Gasteiger partial charge in [0.05, 0.1) is 18.2 Å². The van der Waals surface area contributed by atoms with E-state index in [1.54, 1.807) is 48.5 Å². The minimum atomic E-state index is -0.820. The number of anilines is 1. The third-order valence-electron chi connectivity index (χ3n) is 5.69. The van der Waals surface area contributed by atoms with E-state index in [0.29, 0.717) is 34.2 Å². The number of ether oxygens (including phenoxy) is 1. The molecule has 5 nitrogen and oxygen atoms in total. The Bertz CT molecular complexity index is 1260. The molecule has 4 rings (SSSR count). The van der Waals surface area contributed by atoms with Crippen LogP contribution in [-0.2, 0) is 9.59 Å². The molecule has 1 saturated heterocycles. The van der Waals surface area contributed by atoms with E-state index in [1.807, 2.05) is 39.0 Å². The minimum absolute atomic E-state index is 0.0397. The second-order valence-electron chi connectivity index (χ2n) is 7.97. The van der Waals surface area contributed by atoms with Gasteiger partial charge in [-0.1, -0.05) is 47.5 Å². The Labute approximate surface area is 197 Å². The van der Waals surface area contributed by atoms with E-state index in [2.05, 4.69) is 0 Å². The molecule has 6 heteroatoms. The van der Waals surface area contributed by atoms with Crippen LogP contribution in [0.2, 0.25) is 5.02 Å². The highest BCUT2D eigenvalue weighted by atomic mass is 35.5. The van der Waals surface area contributed by atoms with Crippen LogP contribution in [0.4, 0.5) is 5.69 Å². The number of nitrogens with zero attached hydrogens (tertiary/aromatic N) is 1. The summed E-state index contributed by atoms with van der Waals surface area (Å²) in [6.45, 7) is 6.10. The van der Waals surface area contributed by atoms with E-state index in [-0.39, 0.29) is 11.3 Å². The van der Waals surface area contributed by atoms with Gasteiger partial charge in [0, 0.05) is 22.3 Å². The lowest BCUT2D eigenvalue weighted by molar-refractivity contribution is -0.132. The first-order chi connectivity index (χ1) is 15.8. The molecule has 1 N–H and O–H groups in total. The van der Waals surface area contributed by atoms with Crippen LogP contribution in [0.1, 0.15) is 35.2 Å².